The summed E-state index contributed by atoms with van der Waals surface area (Å²) in [6.07, 6.45) is 2.85. The Hall–Kier alpha value is -3.60. The fourth-order valence-electron chi connectivity index (χ4n) is 3.27. The zero-order valence-corrected chi connectivity index (χ0v) is 17.3. The van der Waals surface area contributed by atoms with E-state index in [0.717, 1.165) is 36.0 Å². The molecule has 31 heavy (non-hydrogen) atoms. The lowest BCUT2D eigenvalue weighted by Gasteiger charge is -2.09. The van der Waals surface area contributed by atoms with Gasteiger partial charge in [-0.25, -0.2) is 0 Å². The standard InChI is InChI=1S/C26H26N2O3/c29-25(28-23-12-13-23)18-31-24-14-6-19(7-15-24)16-17-27-26(30)22-10-8-21(9-11-22)20-4-2-1-3-5-20/h1-11,14-15,23H,12-13,16-18H2,(H,27,30)(H,28,29). The highest BCUT2D eigenvalue weighted by Crippen LogP contribution is 2.20. The van der Waals surface area contributed by atoms with Crippen LogP contribution < -0.4 is 15.4 Å². The van der Waals surface area contributed by atoms with E-state index in [1.165, 1.54) is 0 Å². The van der Waals surface area contributed by atoms with Gasteiger partial charge < -0.3 is 15.4 Å². The van der Waals surface area contributed by atoms with Crippen molar-refractivity contribution in [2.45, 2.75) is 25.3 Å². The Balaban J connectivity index is 1.20. The highest BCUT2D eigenvalue weighted by molar-refractivity contribution is 5.94. The molecule has 0 saturated heterocycles. The van der Waals surface area contributed by atoms with E-state index in [2.05, 4.69) is 10.6 Å². The first-order chi connectivity index (χ1) is 15.2. The van der Waals surface area contributed by atoms with Gasteiger partial charge in [-0.3, -0.25) is 9.59 Å². The van der Waals surface area contributed by atoms with Crippen LogP contribution in [0.25, 0.3) is 11.1 Å². The summed E-state index contributed by atoms with van der Waals surface area (Å²) in [4.78, 5) is 24.1. The summed E-state index contributed by atoms with van der Waals surface area (Å²) in [5, 5.41) is 5.86. The molecule has 5 nitrogen and oxygen atoms in total. The van der Waals surface area contributed by atoms with Gasteiger partial charge in [0, 0.05) is 18.2 Å². The molecule has 1 fully saturated rings. The summed E-state index contributed by atoms with van der Waals surface area (Å²) in [5.41, 5.74) is 3.96. The summed E-state index contributed by atoms with van der Waals surface area (Å²) in [6.45, 7) is 0.582. The average Bonchev–Trinajstić information content (AvgIpc) is 3.63. The van der Waals surface area contributed by atoms with Crippen LogP contribution in [0.5, 0.6) is 5.75 Å². The van der Waals surface area contributed by atoms with Crippen LogP contribution >= 0.6 is 0 Å². The molecule has 0 heterocycles. The maximum Gasteiger partial charge on any atom is 0.258 e. The van der Waals surface area contributed by atoms with Gasteiger partial charge in [-0.2, -0.15) is 0 Å². The highest BCUT2D eigenvalue weighted by Gasteiger charge is 2.23. The Morgan fingerprint density at radius 2 is 1.52 bits per heavy atom. The monoisotopic (exact) mass is 414 g/mol. The summed E-state index contributed by atoms with van der Waals surface area (Å²) < 4.78 is 5.51. The van der Waals surface area contributed by atoms with Crippen LogP contribution in [-0.2, 0) is 11.2 Å². The molecule has 0 aliphatic heterocycles. The number of hydrogen-bond acceptors (Lipinski definition) is 3. The van der Waals surface area contributed by atoms with Crippen molar-refractivity contribution < 1.29 is 14.3 Å². The van der Waals surface area contributed by atoms with Gasteiger partial charge in [0.05, 0.1) is 0 Å². The number of amides is 2. The van der Waals surface area contributed by atoms with E-state index in [4.69, 9.17) is 4.74 Å². The van der Waals surface area contributed by atoms with E-state index < -0.39 is 0 Å². The van der Waals surface area contributed by atoms with Crippen molar-refractivity contribution in [3.05, 3.63) is 90.0 Å². The largest absolute Gasteiger partial charge is 0.484 e. The highest BCUT2D eigenvalue weighted by atomic mass is 16.5. The molecule has 0 radical (unpaired) electrons. The van der Waals surface area contributed by atoms with Crippen LogP contribution in [0.1, 0.15) is 28.8 Å². The minimum absolute atomic E-state index is 0.0367. The van der Waals surface area contributed by atoms with Crippen LogP contribution in [0.4, 0.5) is 0 Å². The third kappa shape index (κ3) is 6.19. The van der Waals surface area contributed by atoms with Crippen LogP contribution in [0.3, 0.4) is 0 Å². The topological polar surface area (TPSA) is 67.4 Å². The molecule has 0 bridgehead atoms. The molecule has 2 amide bonds. The SMILES string of the molecule is O=C(COc1ccc(CCNC(=O)c2ccc(-c3ccccc3)cc2)cc1)NC1CC1. The average molecular weight is 415 g/mol. The molecule has 4 rings (SSSR count). The quantitative estimate of drug-likeness (QED) is 0.557. The van der Waals surface area contributed by atoms with Crippen LogP contribution in [0, 0.1) is 0 Å². The first-order valence-corrected chi connectivity index (χ1v) is 10.6. The van der Waals surface area contributed by atoms with E-state index in [1.807, 2.05) is 78.9 Å². The van der Waals surface area contributed by atoms with Gasteiger partial charge in [-0.1, -0.05) is 54.6 Å². The molecule has 0 unspecified atom stereocenters. The molecule has 0 spiro atoms. The fourth-order valence-corrected chi connectivity index (χ4v) is 3.27. The predicted octanol–water partition coefficient (Wildman–Crippen LogP) is 3.98. The van der Waals surface area contributed by atoms with Gasteiger partial charge in [0.15, 0.2) is 6.61 Å². The van der Waals surface area contributed by atoms with Gasteiger partial charge >= 0.3 is 0 Å². The molecule has 1 aliphatic carbocycles. The molecule has 1 saturated carbocycles. The normalized spacial score (nSPS) is 12.8. The second kappa shape index (κ2) is 9.94. The van der Waals surface area contributed by atoms with Gasteiger partial charge in [0.2, 0.25) is 0 Å². The van der Waals surface area contributed by atoms with E-state index in [0.29, 0.717) is 23.9 Å². The molecular weight excluding hydrogens is 388 g/mol. The third-order valence-corrected chi connectivity index (χ3v) is 5.19. The van der Waals surface area contributed by atoms with Gasteiger partial charge in [0.25, 0.3) is 11.8 Å². The zero-order chi connectivity index (χ0) is 21.5. The van der Waals surface area contributed by atoms with Crippen molar-refractivity contribution in [3.63, 3.8) is 0 Å². The minimum Gasteiger partial charge on any atom is -0.484 e. The zero-order valence-electron chi connectivity index (χ0n) is 17.3. The second-order valence-corrected chi connectivity index (χ2v) is 7.72. The molecule has 0 atom stereocenters. The molecule has 3 aromatic carbocycles. The number of nitrogens with one attached hydrogen (secondary N) is 2. The van der Waals surface area contributed by atoms with Crippen molar-refractivity contribution in [2.75, 3.05) is 13.2 Å². The maximum atomic E-state index is 12.4. The van der Waals surface area contributed by atoms with Crippen LogP contribution in [0.2, 0.25) is 0 Å². The van der Waals surface area contributed by atoms with E-state index in [-0.39, 0.29) is 18.4 Å². The van der Waals surface area contributed by atoms with Crippen molar-refractivity contribution >= 4 is 11.8 Å². The Bertz CT molecular complexity index is 1010. The van der Waals surface area contributed by atoms with E-state index in [1.54, 1.807) is 0 Å². The minimum atomic E-state index is -0.0822. The van der Waals surface area contributed by atoms with Gasteiger partial charge in [-0.05, 0) is 60.2 Å². The van der Waals surface area contributed by atoms with E-state index >= 15 is 0 Å². The number of benzene rings is 3. The first kappa shape index (κ1) is 20.7. The molecule has 2 N–H and O–H groups in total. The summed E-state index contributed by atoms with van der Waals surface area (Å²) in [5.74, 6) is 0.504. The Morgan fingerprint density at radius 1 is 0.839 bits per heavy atom. The Kier molecular flexibility index (Phi) is 6.62. The lowest BCUT2D eigenvalue weighted by Crippen LogP contribution is -2.30. The van der Waals surface area contributed by atoms with E-state index in [9.17, 15) is 9.59 Å². The van der Waals surface area contributed by atoms with Crippen LogP contribution in [-0.4, -0.2) is 31.0 Å². The van der Waals surface area contributed by atoms with Gasteiger partial charge in [-0.15, -0.1) is 0 Å². The summed E-state index contributed by atoms with van der Waals surface area (Å²) in [6, 6.07) is 25.7. The lowest BCUT2D eigenvalue weighted by atomic mass is 10.0. The Morgan fingerprint density at radius 3 is 2.19 bits per heavy atom. The first-order valence-electron chi connectivity index (χ1n) is 10.6. The third-order valence-electron chi connectivity index (χ3n) is 5.19. The van der Waals surface area contributed by atoms with Crippen molar-refractivity contribution in [2.24, 2.45) is 0 Å². The maximum absolute atomic E-state index is 12.4. The van der Waals surface area contributed by atoms with Crippen molar-refractivity contribution in [3.8, 4) is 16.9 Å². The number of carbonyl (C=O) groups excluding carboxylic acids is 2. The molecule has 5 heteroatoms. The predicted molar refractivity (Wildman–Crippen MR) is 121 cm³/mol. The lowest BCUT2D eigenvalue weighted by molar-refractivity contribution is -0.123. The van der Waals surface area contributed by atoms with Crippen molar-refractivity contribution in [1.29, 1.82) is 0 Å². The second-order valence-electron chi connectivity index (χ2n) is 7.72. The number of carbonyl (C=O) groups is 2. The van der Waals surface area contributed by atoms with Crippen molar-refractivity contribution in [1.82, 2.24) is 10.6 Å². The molecule has 158 valence electrons. The molecule has 1 aliphatic rings. The van der Waals surface area contributed by atoms with Crippen LogP contribution in [0.15, 0.2) is 78.9 Å². The number of ether oxygens (including phenoxy) is 1. The number of hydrogen-bond donors (Lipinski definition) is 2. The Labute approximate surface area is 182 Å². The molecule has 3 aromatic rings. The smallest absolute Gasteiger partial charge is 0.258 e. The molecule has 0 aromatic heterocycles. The summed E-state index contributed by atoms with van der Waals surface area (Å²) in [7, 11) is 0. The molecular formula is C26H26N2O3. The summed E-state index contributed by atoms with van der Waals surface area (Å²) >= 11 is 0. The number of rotatable bonds is 9. The van der Waals surface area contributed by atoms with Gasteiger partial charge in [0.1, 0.15) is 5.75 Å². The fraction of sp³-hybridized carbons (Fsp3) is 0.231.